The molecule has 10 heavy (non-hydrogen) atoms. The monoisotopic (exact) mass is 283 g/mol. The Morgan fingerprint density at radius 2 is 1.50 bits per heavy atom. The minimum Gasteiger partial charge on any atom is -0.192 e. The summed E-state index contributed by atoms with van der Waals surface area (Å²) in [6, 6.07) is 10.3. The average Bonchev–Trinajstić information content (AvgIpc) is 1.90. The fourth-order valence-electron chi connectivity index (χ4n) is 0.645. The standard InChI is InChI=1S/C8H9.2Y/c1-2-8-6-4-3-5-7-8;;/h2-7H,1H3;;/q-1;;. The molecule has 48 valence electrons. The zero-order valence-electron chi connectivity index (χ0n) is 6.12. The van der Waals surface area contributed by atoms with Crippen molar-refractivity contribution in [3.05, 3.63) is 42.3 Å². The Hall–Kier alpha value is 1.30. The summed E-state index contributed by atoms with van der Waals surface area (Å²) in [5.74, 6) is 0. The second-order valence-electron chi connectivity index (χ2n) is 1.70. The third kappa shape index (κ3) is 5.02. The first-order valence-electron chi connectivity index (χ1n) is 2.78. The molecule has 0 aromatic heterocycles. The maximum absolute atomic E-state index is 2.08. The van der Waals surface area contributed by atoms with Gasteiger partial charge >= 0.3 is 0 Å². The van der Waals surface area contributed by atoms with Crippen molar-refractivity contribution in [2.45, 2.75) is 6.92 Å². The van der Waals surface area contributed by atoms with Crippen LogP contribution >= 0.6 is 0 Å². The van der Waals surface area contributed by atoms with Gasteiger partial charge in [-0.15, -0.1) is 12.1 Å². The van der Waals surface area contributed by atoms with Crippen LogP contribution in [-0.4, -0.2) is 0 Å². The average molecular weight is 283 g/mol. The smallest absolute Gasteiger partial charge is 0 e. The summed E-state index contributed by atoms with van der Waals surface area (Å²) in [6.07, 6.45) is 2.08. The van der Waals surface area contributed by atoms with Crippen LogP contribution in [0.3, 0.4) is 0 Å². The van der Waals surface area contributed by atoms with Crippen LogP contribution in [0.1, 0.15) is 12.5 Å². The summed E-state index contributed by atoms with van der Waals surface area (Å²) in [5.41, 5.74) is 1.28. The van der Waals surface area contributed by atoms with Crippen LogP contribution in [0.2, 0.25) is 0 Å². The molecular formula is C8H9Y2-. The van der Waals surface area contributed by atoms with E-state index in [1.165, 1.54) is 5.56 Å². The van der Waals surface area contributed by atoms with Crippen LogP contribution < -0.4 is 0 Å². The fourth-order valence-corrected chi connectivity index (χ4v) is 0.645. The van der Waals surface area contributed by atoms with Crippen molar-refractivity contribution in [3.8, 4) is 0 Å². The molecule has 0 atom stereocenters. The Balaban J connectivity index is 0. The maximum Gasteiger partial charge on any atom is 0 e. The van der Waals surface area contributed by atoms with Gasteiger partial charge in [0.05, 0.1) is 0 Å². The SMILES string of the molecule is C[CH-]c1ccccc1.[Y].[Y]. The summed E-state index contributed by atoms with van der Waals surface area (Å²) in [7, 11) is 0. The van der Waals surface area contributed by atoms with Gasteiger partial charge in [-0.1, -0.05) is 13.0 Å². The van der Waals surface area contributed by atoms with E-state index < -0.39 is 0 Å². The Labute approximate surface area is 113 Å². The molecular weight excluding hydrogens is 274 g/mol. The van der Waals surface area contributed by atoms with Crippen molar-refractivity contribution in [3.63, 3.8) is 0 Å². The third-order valence-corrected chi connectivity index (χ3v) is 1.13. The van der Waals surface area contributed by atoms with Gasteiger partial charge in [0.15, 0.2) is 0 Å². The van der Waals surface area contributed by atoms with Crippen molar-refractivity contribution < 1.29 is 65.4 Å². The van der Waals surface area contributed by atoms with E-state index in [0.717, 1.165) is 0 Å². The van der Waals surface area contributed by atoms with E-state index in [1.807, 2.05) is 25.1 Å². The number of rotatable bonds is 1. The second-order valence-corrected chi connectivity index (χ2v) is 1.70. The molecule has 0 nitrogen and oxygen atoms in total. The molecule has 1 rings (SSSR count). The third-order valence-electron chi connectivity index (χ3n) is 1.13. The quantitative estimate of drug-likeness (QED) is 0.693. The van der Waals surface area contributed by atoms with Crippen molar-refractivity contribution in [2.24, 2.45) is 0 Å². The molecule has 2 heteroatoms. The minimum atomic E-state index is 0. The van der Waals surface area contributed by atoms with Gasteiger partial charge in [-0.25, -0.2) is 0 Å². The molecule has 0 saturated heterocycles. The predicted octanol–water partition coefficient (Wildman–Crippen LogP) is 2.25. The van der Waals surface area contributed by atoms with Gasteiger partial charge in [0.1, 0.15) is 0 Å². The van der Waals surface area contributed by atoms with Crippen LogP contribution in [0.4, 0.5) is 0 Å². The Morgan fingerprint density at radius 1 is 1.00 bits per heavy atom. The van der Waals surface area contributed by atoms with Crippen LogP contribution in [0, 0.1) is 6.42 Å². The zero-order valence-corrected chi connectivity index (χ0v) is 11.8. The molecule has 0 aliphatic heterocycles. The number of hydrogen-bond donors (Lipinski definition) is 0. The van der Waals surface area contributed by atoms with E-state index in [1.54, 1.807) is 0 Å². The van der Waals surface area contributed by atoms with Crippen molar-refractivity contribution in [1.29, 1.82) is 0 Å². The minimum absolute atomic E-state index is 0. The first-order chi connectivity index (χ1) is 3.93. The molecule has 0 spiro atoms. The largest absolute Gasteiger partial charge is 0.192 e. The molecule has 0 unspecified atom stereocenters. The molecule has 0 bridgehead atoms. The maximum atomic E-state index is 2.08. The summed E-state index contributed by atoms with van der Waals surface area (Å²) in [5, 5.41) is 0. The molecule has 2 radical (unpaired) electrons. The summed E-state index contributed by atoms with van der Waals surface area (Å²) in [4.78, 5) is 0. The van der Waals surface area contributed by atoms with Crippen LogP contribution in [-0.2, 0) is 65.4 Å². The summed E-state index contributed by atoms with van der Waals surface area (Å²) in [6.45, 7) is 2.04. The molecule has 0 saturated carbocycles. The Morgan fingerprint density at radius 3 is 1.80 bits per heavy atom. The van der Waals surface area contributed by atoms with Crippen molar-refractivity contribution >= 4 is 0 Å². The van der Waals surface area contributed by atoms with Crippen molar-refractivity contribution in [2.75, 3.05) is 0 Å². The topological polar surface area (TPSA) is 0 Å². The van der Waals surface area contributed by atoms with E-state index in [-0.39, 0.29) is 65.4 Å². The Bertz CT molecular complexity index is 149. The molecule has 0 fully saturated rings. The van der Waals surface area contributed by atoms with Gasteiger partial charge in [0.2, 0.25) is 0 Å². The first kappa shape index (κ1) is 13.9. The molecule has 0 N–H and O–H groups in total. The second kappa shape index (κ2) is 8.39. The van der Waals surface area contributed by atoms with Gasteiger partial charge in [-0.3, -0.25) is 0 Å². The van der Waals surface area contributed by atoms with Crippen molar-refractivity contribution in [1.82, 2.24) is 0 Å². The molecule has 1 aromatic carbocycles. The first-order valence-corrected chi connectivity index (χ1v) is 2.78. The van der Waals surface area contributed by atoms with E-state index in [0.29, 0.717) is 0 Å². The van der Waals surface area contributed by atoms with E-state index in [2.05, 4.69) is 18.6 Å². The fraction of sp³-hybridized carbons (Fsp3) is 0.125. The predicted molar refractivity (Wildman–Crippen MR) is 35.5 cm³/mol. The van der Waals surface area contributed by atoms with Gasteiger partial charge in [-0.2, -0.15) is 24.1 Å². The normalized spacial score (nSPS) is 6.90. The molecule has 0 amide bonds. The van der Waals surface area contributed by atoms with Gasteiger partial charge in [-0.05, 0) is 0 Å². The Kier molecular flexibility index (Phi) is 11.6. The van der Waals surface area contributed by atoms with Crippen LogP contribution in [0.25, 0.3) is 0 Å². The van der Waals surface area contributed by atoms with Gasteiger partial charge in [0, 0.05) is 65.4 Å². The molecule has 0 aliphatic rings. The van der Waals surface area contributed by atoms with E-state index in [9.17, 15) is 0 Å². The van der Waals surface area contributed by atoms with Crippen LogP contribution in [0.15, 0.2) is 30.3 Å². The molecule has 1 aromatic rings. The summed E-state index contributed by atoms with van der Waals surface area (Å²) >= 11 is 0. The zero-order chi connectivity index (χ0) is 5.82. The number of hydrogen-bond acceptors (Lipinski definition) is 0. The summed E-state index contributed by atoms with van der Waals surface area (Å²) < 4.78 is 0. The van der Waals surface area contributed by atoms with Gasteiger partial charge in [0.25, 0.3) is 0 Å². The van der Waals surface area contributed by atoms with E-state index in [4.69, 9.17) is 0 Å². The number of benzene rings is 1. The molecule has 0 aliphatic carbocycles. The van der Waals surface area contributed by atoms with E-state index >= 15 is 0 Å². The van der Waals surface area contributed by atoms with Crippen LogP contribution in [0.5, 0.6) is 0 Å². The molecule has 0 heterocycles. The van der Waals surface area contributed by atoms with Gasteiger partial charge < -0.3 is 0 Å².